The lowest BCUT2D eigenvalue weighted by atomic mass is 10.3. The number of nitrogens with zero attached hydrogens (tertiary/aromatic N) is 3. The number of benzene rings is 1. The summed E-state index contributed by atoms with van der Waals surface area (Å²) >= 11 is 0. The Morgan fingerprint density at radius 3 is 2.32 bits per heavy atom. The second-order valence-corrected chi connectivity index (χ2v) is 5.35. The number of nitro benzene ring substituents is 1. The van der Waals surface area contributed by atoms with Gasteiger partial charge in [0.1, 0.15) is 4.90 Å². The molecule has 0 aliphatic carbocycles. The standard InChI is InChI=1S/C10H10N4O4S/c1-7-10(19(11,17)18)6-12-13(7)8-2-4-9(5-3-8)14(15)16/h2-6H,1H3,(H2,11,17,18). The first-order chi connectivity index (χ1) is 8.80. The van der Waals surface area contributed by atoms with E-state index in [1.54, 1.807) is 6.92 Å². The van der Waals surface area contributed by atoms with Crippen molar-refractivity contribution in [2.75, 3.05) is 0 Å². The number of aromatic nitrogens is 2. The summed E-state index contributed by atoms with van der Waals surface area (Å²) in [6.45, 7) is 1.55. The van der Waals surface area contributed by atoms with Crippen molar-refractivity contribution in [2.45, 2.75) is 11.8 Å². The third kappa shape index (κ3) is 2.46. The van der Waals surface area contributed by atoms with E-state index in [2.05, 4.69) is 5.10 Å². The summed E-state index contributed by atoms with van der Waals surface area (Å²) in [4.78, 5) is 9.94. The summed E-state index contributed by atoms with van der Waals surface area (Å²) in [7, 11) is -3.83. The highest BCUT2D eigenvalue weighted by Gasteiger charge is 2.17. The molecule has 0 aliphatic heterocycles. The highest BCUT2D eigenvalue weighted by Crippen LogP contribution is 2.19. The third-order valence-corrected chi connectivity index (χ3v) is 3.59. The van der Waals surface area contributed by atoms with E-state index < -0.39 is 14.9 Å². The van der Waals surface area contributed by atoms with Crippen molar-refractivity contribution in [1.29, 1.82) is 0 Å². The molecule has 0 atom stereocenters. The molecule has 0 unspecified atom stereocenters. The summed E-state index contributed by atoms with van der Waals surface area (Å²) in [6.07, 6.45) is 1.14. The van der Waals surface area contributed by atoms with Crippen molar-refractivity contribution in [2.24, 2.45) is 5.14 Å². The topological polar surface area (TPSA) is 121 Å². The molecule has 0 bridgehead atoms. The Morgan fingerprint density at radius 1 is 1.32 bits per heavy atom. The van der Waals surface area contributed by atoms with E-state index in [1.165, 1.54) is 28.9 Å². The van der Waals surface area contributed by atoms with Gasteiger partial charge in [-0.1, -0.05) is 0 Å². The van der Waals surface area contributed by atoms with Gasteiger partial charge in [-0.3, -0.25) is 10.1 Å². The Kier molecular flexibility index (Phi) is 3.08. The maximum absolute atomic E-state index is 11.3. The first-order valence-corrected chi connectivity index (χ1v) is 6.67. The molecule has 1 heterocycles. The number of primary sulfonamides is 1. The Bertz CT molecular complexity index is 733. The van der Waals surface area contributed by atoms with Crippen molar-refractivity contribution in [3.63, 3.8) is 0 Å². The molecule has 2 aromatic rings. The Balaban J connectivity index is 2.49. The highest BCUT2D eigenvalue weighted by atomic mass is 32.2. The maximum Gasteiger partial charge on any atom is 0.269 e. The molecule has 9 heteroatoms. The van der Waals surface area contributed by atoms with Gasteiger partial charge >= 0.3 is 0 Å². The number of hydrogen-bond acceptors (Lipinski definition) is 5. The number of sulfonamides is 1. The summed E-state index contributed by atoms with van der Waals surface area (Å²) in [6, 6.07) is 5.58. The predicted octanol–water partition coefficient (Wildman–Crippen LogP) is 0.736. The lowest BCUT2D eigenvalue weighted by molar-refractivity contribution is -0.384. The zero-order valence-corrected chi connectivity index (χ0v) is 10.7. The van der Waals surface area contributed by atoms with Crippen LogP contribution in [0.5, 0.6) is 0 Å². The van der Waals surface area contributed by atoms with Crippen molar-refractivity contribution >= 4 is 15.7 Å². The van der Waals surface area contributed by atoms with Gasteiger partial charge in [0.2, 0.25) is 10.0 Å². The molecule has 2 N–H and O–H groups in total. The van der Waals surface area contributed by atoms with Gasteiger partial charge in [-0.05, 0) is 19.1 Å². The van der Waals surface area contributed by atoms with Gasteiger partial charge in [-0.2, -0.15) is 5.10 Å². The van der Waals surface area contributed by atoms with Crippen LogP contribution in [0, 0.1) is 17.0 Å². The van der Waals surface area contributed by atoms with E-state index in [1.807, 2.05) is 0 Å². The minimum atomic E-state index is -3.83. The monoisotopic (exact) mass is 282 g/mol. The first-order valence-electron chi connectivity index (χ1n) is 5.13. The van der Waals surface area contributed by atoms with Crippen molar-refractivity contribution in [1.82, 2.24) is 9.78 Å². The lowest BCUT2D eigenvalue weighted by Gasteiger charge is -2.04. The van der Waals surface area contributed by atoms with E-state index in [4.69, 9.17) is 5.14 Å². The van der Waals surface area contributed by atoms with E-state index in [0.29, 0.717) is 11.4 Å². The minimum Gasteiger partial charge on any atom is -0.258 e. The first kappa shape index (κ1) is 13.2. The Labute approximate surface area is 108 Å². The number of nitrogens with two attached hydrogens (primary N) is 1. The maximum atomic E-state index is 11.3. The smallest absolute Gasteiger partial charge is 0.258 e. The summed E-state index contributed by atoms with van der Waals surface area (Å²) in [5, 5.41) is 19.5. The molecule has 19 heavy (non-hydrogen) atoms. The van der Waals surface area contributed by atoms with Gasteiger partial charge < -0.3 is 0 Å². The molecular formula is C10H10N4O4S. The number of non-ortho nitro benzene ring substituents is 1. The molecule has 0 radical (unpaired) electrons. The van der Waals surface area contributed by atoms with Gasteiger partial charge in [-0.25, -0.2) is 18.2 Å². The lowest BCUT2D eigenvalue weighted by Crippen LogP contribution is -2.13. The summed E-state index contributed by atoms with van der Waals surface area (Å²) in [5.74, 6) is 0. The van der Waals surface area contributed by atoms with E-state index in [9.17, 15) is 18.5 Å². The van der Waals surface area contributed by atoms with E-state index in [-0.39, 0.29) is 10.6 Å². The molecule has 2 rings (SSSR count). The Morgan fingerprint density at radius 2 is 1.89 bits per heavy atom. The molecular weight excluding hydrogens is 272 g/mol. The normalized spacial score (nSPS) is 11.5. The zero-order chi connectivity index (χ0) is 14.2. The second-order valence-electron chi connectivity index (χ2n) is 3.82. The van der Waals surface area contributed by atoms with Crippen LogP contribution < -0.4 is 5.14 Å². The molecule has 0 aliphatic rings. The van der Waals surface area contributed by atoms with Crippen LogP contribution in [0.25, 0.3) is 5.69 Å². The molecule has 100 valence electrons. The van der Waals surface area contributed by atoms with Crippen LogP contribution in [0.4, 0.5) is 5.69 Å². The van der Waals surface area contributed by atoms with Crippen LogP contribution >= 0.6 is 0 Å². The number of nitro groups is 1. The number of rotatable bonds is 3. The van der Waals surface area contributed by atoms with Gasteiger partial charge in [-0.15, -0.1) is 0 Å². The largest absolute Gasteiger partial charge is 0.269 e. The summed E-state index contributed by atoms with van der Waals surface area (Å²) in [5.41, 5.74) is 0.801. The van der Waals surface area contributed by atoms with Crippen LogP contribution in [-0.2, 0) is 10.0 Å². The van der Waals surface area contributed by atoms with Crippen LogP contribution in [0.15, 0.2) is 35.4 Å². The van der Waals surface area contributed by atoms with E-state index >= 15 is 0 Å². The molecule has 0 spiro atoms. The number of hydrogen-bond donors (Lipinski definition) is 1. The van der Waals surface area contributed by atoms with Crippen molar-refractivity contribution in [3.05, 3.63) is 46.3 Å². The van der Waals surface area contributed by atoms with Gasteiger partial charge in [0.15, 0.2) is 0 Å². The van der Waals surface area contributed by atoms with Crippen LogP contribution in [0.2, 0.25) is 0 Å². The third-order valence-electron chi connectivity index (χ3n) is 2.58. The quantitative estimate of drug-likeness (QED) is 0.657. The molecule has 0 saturated heterocycles. The van der Waals surface area contributed by atoms with Gasteiger partial charge in [0, 0.05) is 12.1 Å². The average molecular weight is 282 g/mol. The predicted molar refractivity (Wildman–Crippen MR) is 66.3 cm³/mol. The molecule has 8 nitrogen and oxygen atoms in total. The van der Waals surface area contributed by atoms with Gasteiger partial charge in [0.25, 0.3) is 5.69 Å². The fourth-order valence-corrected chi connectivity index (χ4v) is 2.34. The average Bonchev–Trinajstić information content (AvgIpc) is 2.71. The van der Waals surface area contributed by atoms with Crippen LogP contribution in [0.3, 0.4) is 0 Å². The minimum absolute atomic E-state index is 0.0553. The summed E-state index contributed by atoms with van der Waals surface area (Å²) < 4.78 is 23.9. The molecule has 0 fully saturated rings. The highest BCUT2D eigenvalue weighted by molar-refractivity contribution is 7.89. The molecule has 0 amide bonds. The molecule has 0 saturated carbocycles. The molecule has 1 aromatic heterocycles. The fourth-order valence-electron chi connectivity index (χ4n) is 1.65. The van der Waals surface area contributed by atoms with Crippen LogP contribution in [0.1, 0.15) is 5.69 Å². The van der Waals surface area contributed by atoms with Crippen molar-refractivity contribution in [3.8, 4) is 5.69 Å². The second kappa shape index (κ2) is 4.44. The van der Waals surface area contributed by atoms with Gasteiger partial charge in [0.05, 0.1) is 22.5 Å². The van der Waals surface area contributed by atoms with Crippen LogP contribution in [-0.4, -0.2) is 23.1 Å². The van der Waals surface area contributed by atoms with E-state index in [0.717, 1.165) is 6.20 Å². The fraction of sp³-hybridized carbons (Fsp3) is 0.100. The van der Waals surface area contributed by atoms with Crippen molar-refractivity contribution < 1.29 is 13.3 Å². The SMILES string of the molecule is Cc1c(S(N)(=O)=O)cnn1-c1ccc([N+](=O)[O-])cc1. The molecule has 1 aromatic carbocycles. The Hall–Kier alpha value is -2.26. The zero-order valence-electron chi connectivity index (χ0n) is 9.85.